The van der Waals surface area contributed by atoms with E-state index in [2.05, 4.69) is 10.3 Å². The van der Waals surface area contributed by atoms with Crippen LogP contribution in [0.15, 0.2) is 30.5 Å². The van der Waals surface area contributed by atoms with Gasteiger partial charge in [-0.25, -0.2) is 4.98 Å². The summed E-state index contributed by atoms with van der Waals surface area (Å²) in [4.78, 5) is 15.1. The van der Waals surface area contributed by atoms with Crippen LogP contribution >= 0.6 is 11.6 Å². The Morgan fingerprint density at radius 1 is 1.39 bits per heavy atom. The molecule has 0 saturated carbocycles. The van der Waals surface area contributed by atoms with Crippen LogP contribution in [0.4, 0.5) is 5.82 Å². The second-order valence-corrected chi connectivity index (χ2v) is 5.34. The molecule has 2 aromatic rings. The lowest BCUT2D eigenvalue weighted by Gasteiger charge is -2.14. The molecule has 0 unspecified atom stereocenters. The molecule has 3 N–H and O–H groups in total. The number of carbonyl (C=O) groups excluding carboxylic acids is 1. The fourth-order valence-electron chi connectivity index (χ4n) is 1.98. The summed E-state index contributed by atoms with van der Waals surface area (Å²) in [5, 5.41) is 3.56. The zero-order valence-electron chi connectivity index (χ0n) is 12.9. The number of benzene rings is 1. The van der Waals surface area contributed by atoms with Crippen LogP contribution in [0.1, 0.15) is 11.1 Å². The van der Waals surface area contributed by atoms with Crippen LogP contribution in [0.25, 0.3) is 0 Å². The second kappa shape index (κ2) is 7.69. The number of halogens is 1. The summed E-state index contributed by atoms with van der Waals surface area (Å²) in [5.74, 6) is 0.923. The lowest BCUT2D eigenvalue weighted by atomic mass is 10.2. The number of carbonyl (C=O) groups is 1. The standard InChI is InChI=1S/C16H18ClN3O3/c1-10-3-4-19-15(5-10)20-8-11-6-12(17)16(13(7-11)22-2)23-9-14(18)21/h3-7H,8-9H2,1-2H3,(H2,18,21)(H,19,20). The van der Waals surface area contributed by atoms with Gasteiger partial charge >= 0.3 is 0 Å². The van der Waals surface area contributed by atoms with E-state index in [1.165, 1.54) is 7.11 Å². The number of pyridine rings is 1. The van der Waals surface area contributed by atoms with E-state index in [1.54, 1.807) is 18.3 Å². The Hall–Kier alpha value is -2.47. The Balaban J connectivity index is 2.13. The Morgan fingerprint density at radius 2 is 2.17 bits per heavy atom. The number of nitrogens with one attached hydrogen (secondary N) is 1. The smallest absolute Gasteiger partial charge is 0.255 e. The average molecular weight is 336 g/mol. The highest BCUT2D eigenvalue weighted by Gasteiger charge is 2.13. The molecule has 0 spiro atoms. The fourth-order valence-corrected chi connectivity index (χ4v) is 2.27. The Morgan fingerprint density at radius 3 is 2.83 bits per heavy atom. The number of nitrogens with zero attached hydrogens (tertiary/aromatic N) is 1. The number of amides is 1. The lowest BCUT2D eigenvalue weighted by Crippen LogP contribution is -2.20. The molecule has 0 saturated heterocycles. The van der Waals surface area contributed by atoms with E-state index in [4.69, 9.17) is 26.8 Å². The molecule has 1 heterocycles. The number of hydrogen-bond donors (Lipinski definition) is 2. The van der Waals surface area contributed by atoms with E-state index in [0.717, 1.165) is 16.9 Å². The number of nitrogens with two attached hydrogens (primary N) is 1. The number of ether oxygens (including phenoxy) is 2. The van der Waals surface area contributed by atoms with Crippen LogP contribution in [0.5, 0.6) is 11.5 Å². The molecule has 1 aromatic heterocycles. The summed E-state index contributed by atoms with van der Waals surface area (Å²) < 4.78 is 10.6. The number of hydrogen-bond acceptors (Lipinski definition) is 5. The highest BCUT2D eigenvalue weighted by Crippen LogP contribution is 2.36. The van der Waals surface area contributed by atoms with Gasteiger partial charge in [0.25, 0.3) is 5.91 Å². The van der Waals surface area contributed by atoms with Crippen LogP contribution < -0.4 is 20.5 Å². The van der Waals surface area contributed by atoms with Crippen LogP contribution in [-0.2, 0) is 11.3 Å². The minimum Gasteiger partial charge on any atom is -0.493 e. The second-order valence-electron chi connectivity index (χ2n) is 4.94. The van der Waals surface area contributed by atoms with E-state index in [0.29, 0.717) is 23.1 Å². The highest BCUT2D eigenvalue weighted by molar-refractivity contribution is 6.32. The van der Waals surface area contributed by atoms with Crippen molar-refractivity contribution in [3.05, 3.63) is 46.6 Å². The van der Waals surface area contributed by atoms with Crippen LogP contribution in [0.2, 0.25) is 5.02 Å². The van der Waals surface area contributed by atoms with Crippen molar-refractivity contribution in [2.45, 2.75) is 13.5 Å². The molecule has 1 aromatic carbocycles. The van der Waals surface area contributed by atoms with Crippen molar-refractivity contribution in [3.63, 3.8) is 0 Å². The maximum absolute atomic E-state index is 10.8. The first-order chi connectivity index (χ1) is 11.0. The summed E-state index contributed by atoms with van der Waals surface area (Å²) in [5.41, 5.74) is 7.08. The Labute approximate surface area is 139 Å². The van der Waals surface area contributed by atoms with Crippen molar-refractivity contribution >= 4 is 23.3 Å². The van der Waals surface area contributed by atoms with Crippen molar-refractivity contribution in [3.8, 4) is 11.5 Å². The zero-order chi connectivity index (χ0) is 16.8. The monoisotopic (exact) mass is 335 g/mol. The molecule has 0 fully saturated rings. The summed E-state index contributed by atoms with van der Waals surface area (Å²) >= 11 is 6.20. The Kier molecular flexibility index (Phi) is 5.65. The first kappa shape index (κ1) is 16.9. The third-order valence-corrected chi connectivity index (χ3v) is 3.32. The normalized spacial score (nSPS) is 10.2. The minimum atomic E-state index is -0.584. The van der Waals surface area contributed by atoms with Gasteiger partial charge in [0.15, 0.2) is 18.1 Å². The number of rotatable bonds is 7. The quantitative estimate of drug-likeness (QED) is 0.812. The fraction of sp³-hybridized carbons (Fsp3) is 0.250. The molecule has 6 nitrogen and oxygen atoms in total. The molecule has 0 aliphatic rings. The third-order valence-electron chi connectivity index (χ3n) is 3.04. The molecule has 2 rings (SSSR count). The van der Waals surface area contributed by atoms with Gasteiger partial charge in [0.05, 0.1) is 12.1 Å². The first-order valence-corrected chi connectivity index (χ1v) is 7.31. The average Bonchev–Trinajstić information content (AvgIpc) is 2.51. The van der Waals surface area contributed by atoms with Gasteiger partial charge in [-0.2, -0.15) is 0 Å². The maximum Gasteiger partial charge on any atom is 0.255 e. The molecule has 0 bridgehead atoms. The SMILES string of the molecule is COc1cc(CNc2cc(C)ccn2)cc(Cl)c1OCC(N)=O. The molecular formula is C16H18ClN3O3. The molecular weight excluding hydrogens is 318 g/mol. The molecule has 23 heavy (non-hydrogen) atoms. The topological polar surface area (TPSA) is 86.5 Å². The predicted octanol–water partition coefficient (Wildman–Crippen LogP) is 2.53. The van der Waals surface area contributed by atoms with Crippen molar-refractivity contribution < 1.29 is 14.3 Å². The molecule has 7 heteroatoms. The van der Waals surface area contributed by atoms with Crippen molar-refractivity contribution in [1.82, 2.24) is 4.98 Å². The first-order valence-electron chi connectivity index (χ1n) is 6.93. The highest BCUT2D eigenvalue weighted by atomic mass is 35.5. The van der Waals surface area contributed by atoms with Gasteiger partial charge in [0.2, 0.25) is 0 Å². The van der Waals surface area contributed by atoms with Gasteiger partial charge in [0.1, 0.15) is 5.82 Å². The molecule has 0 atom stereocenters. The van der Waals surface area contributed by atoms with E-state index in [1.807, 2.05) is 19.1 Å². The number of aromatic nitrogens is 1. The van der Waals surface area contributed by atoms with Gasteiger partial charge in [-0.1, -0.05) is 11.6 Å². The molecule has 1 amide bonds. The van der Waals surface area contributed by atoms with Gasteiger partial charge in [-0.15, -0.1) is 0 Å². The molecule has 0 radical (unpaired) electrons. The van der Waals surface area contributed by atoms with Crippen LogP contribution in [0, 0.1) is 6.92 Å². The number of anilines is 1. The summed E-state index contributed by atoms with van der Waals surface area (Å²) in [6, 6.07) is 7.40. The predicted molar refractivity (Wildman–Crippen MR) is 89.0 cm³/mol. The van der Waals surface area contributed by atoms with E-state index >= 15 is 0 Å². The molecule has 0 aliphatic heterocycles. The number of primary amides is 1. The minimum absolute atomic E-state index is 0.263. The summed E-state index contributed by atoms with van der Waals surface area (Å²) in [6.07, 6.45) is 1.74. The number of methoxy groups -OCH3 is 1. The van der Waals surface area contributed by atoms with Crippen molar-refractivity contribution in [2.24, 2.45) is 5.73 Å². The Bertz CT molecular complexity index is 707. The lowest BCUT2D eigenvalue weighted by molar-refractivity contribution is -0.119. The van der Waals surface area contributed by atoms with Gasteiger partial charge in [-0.3, -0.25) is 4.79 Å². The van der Waals surface area contributed by atoms with Crippen LogP contribution in [-0.4, -0.2) is 24.6 Å². The van der Waals surface area contributed by atoms with Gasteiger partial charge in [-0.05, 0) is 42.3 Å². The zero-order valence-corrected chi connectivity index (χ0v) is 13.7. The molecule has 0 aliphatic carbocycles. The van der Waals surface area contributed by atoms with E-state index in [9.17, 15) is 4.79 Å². The van der Waals surface area contributed by atoms with Crippen LogP contribution in [0.3, 0.4) is 0 Å². The van der Waals surface area contributed by atoms with Crippen molar-refractivity contribution in [1.29, 1.82) is 0 Å². The van der Waals surface area contributed by atoms with E-state index in [-0.39, 0.29) is 6.61 Å². The summed E-state index contributed by atoms with van der Waals surface area (Å²) in [7, 11) is 1.50. The molecule has 122 valence electrons. The third kappa shape index (κ3) is 4.75. The largest absolute Gasteiger partial charge is 0.493 e. The van der Waals surface area contributed by atoms with E-state index < -0.39 is 5.91 Å². The summed E-state index contributed by atoms with van der Waals surface area (Å²) in [6.45, 7) is 2.25. The van der Waals surface area contributed by atoms with Gasteiger partial charge in [0, 0.05) is 12.7 Å². The van der Waals surface area contributed by atoms with Gasteiger partial charge < -0.3 is 20.5 Å². The van der Waals surface area contributed by atoms with Crippen molar-refractivity contribution in [2.75, 3.05) is 19.0 Å². The maximum atomic E-state index is 10.8. The number of aryl methyl sites for hydroxylation is 1.